The van der Waals surface area contributed by atoms with Gasteiger partial charge < -0.3 is 15.2 Å². The Hall–Kier alpha value is -3.62. The number of H-pyrrole nitrogens is 1. The van der Waals surface area contributed by atoms with Crippen LogP contribution in [0.1, 0.15) is 27.2 Å². The van der Waals surface area contributed by atoms with Gasteiger partial charge in [-0.2, -0.15) is 26.3 Å². The fourth-order valence-electron chi connectivity index (χ4n) is 3.86. The Labute approximate surface area is 205 Å². The van der Waals surface area contributed by atoms with Gasteiger partial charge in [-0.15, -0.1) is 0 Å². The number of aromatic nitrogens is 2. The van der Waals surface area contributed by atoms with Crippen LogP contribution in [0.25, 0.3) is 0 Å². The van der Waals surface area contributed by atoms with E-state index >= 15 is 0 Å². The highest BCUT2D eigenvalue weighted by atomic mass is 32.2. The van der Waals surface area contributed by atoms with Crippen molar-refractivity contribution in [1.82, 2.24) is 14.9 Å². The van der Waals surface area contributed by atoms with Gasteiger partial charge in [-0.25, -0.2) is 17.8 Å². The van der Waals surface area contributed by atoms with Crippen molar-refractivity contribution < 1.29 is 43.9 Å². The number of amides is 1. The highest BCUT2D eigenvalue weighted by Gasteiger charge is 2.38. The lowest BCUT2D eigenvalue weighted by Crippen LogP contribution is -2.36. The zero-order chi connectivity index (χ0) is 27.2. The van der Waals surface area contributed by atoms with Crippen molar-refractivity contribution in [3.8, 4) is 0 Å². The van der Waals surface area contributed by atoms with Crippen LogP contribution in [-0.2, 0) is 29.0 Å². The molecule has 1 aliphatic rings. The largest absolute Gasteiger partial charge is 0.416 e. The van der Waals surface area contributed by atoms with Gasteiger partial charge in [0.1, 0.15) is 11.5 Å². The zero-order valence-electron chi connectivity index (χ0n) is 18.5. The number of rotatable bonds is 5. The molecule has 0 fully saturated rings. The maximum atomic E-state index is 14.3. The average Bonchev–Trinajstić information content (AvgIpc) is 3.29. The number of nitrogens with zero attached hydrogens (tertiary/aromatic N) is 2. The number of carbonyl (C=O) groups is 1. The van der Waals surface area contributed by atoms with Crippen molar-refractivity contribution in [3.05, 3.63) is 70.8 Å². The van der Waals surface area contributed by atoms with E-state index < -0.39 is 50.4 Å². The fourth-order valence-corrected chi connectivity index (χ4v) is 4.90. The third-order valence-electron chi connectivity index (χ3n) is 5.54. The molecule has 2 aromatic carbocycles. The van der Waals surface area contributed by atoms with E-state index in [1.54, 1.807) is 18.2 Å². The van der Waals surface area contributed by atoms with Crippen molar-refractivity contribution in [2.24, 2.45) is 0 Å². The summed E-state index contributed by atoms with van der Waals surface area (Å²) in [6, 6.07) is 6.96. The van der Waals surface area contributed by atoms with Gasteiger partial charge in [0.15, 0.2) is 5.75 Å². The van der Waals surface area contributed by atoms with E-state index in [0.717, 1.165) is 18.3 Å². The normalized spacial score (nSPS) is 14.4. The van der Waals surface area contributed by atoms with Crippen molar-refractivity contribution in [2.75, 3.05) is 17.6 Å². The number of hydrogen-bond acceptors (Lipinski definition) is 5. The Morgan fingerprint density at radius 3 is 2.46 bits per heavy atom. The Morgan fingerprint density at radius 1 is 1.08 bits per heavy atom. The molecule has 198 valence electrons. The molecule has 0 spiro atoms. The molecule has 4 rings (SSSR count). The number of sulfone groups is 1. The number of carbonyl (C=O) groups excluding carboxylic acids is 1. The van der Waals surface area contributed by atoms with Crippen molar-refractivity contribution >= 4 is 27.1 Å². The van der Waals surface area contributed by atoms with E-state index in [-0.39, 0.29) is 30.9 Å². The summed E-state index contributed by atoms with van der Waals surface area (Å²) >= 11 is 0. The first-order valence-electron chi connectivity index (χ1n) is 10.5. The first kappa shape index (κ1) is 26.4. The maximum Gasteiger partial charge on any atom is 0.416 e. The first-order chi connectivity index (χ1) is 17.1. The van der Waals surface area contributed by atoms with Gasteiger partial charge in [-0.3, -0.25) is 4.79 Å². The highest BCUT2D eigenvalue weighted by Crippen LogP contribution is 2.34. The lowest BCUT2D eigenvalue weighted by atomic mass is 9.97. The average molecular weight is 550 g/mol. The SMILES string of the molecule is O=C(c1c[nH]c(S(=O)(=O)CC(F)(F)F)n1)N1CCc2c(cccc2Nc2ccc(C(F)(F)F)cc2F)C1. The van der Waals surface area contributed by atoms with Crippen LogP contribution in [0.15, 0.2) is 47.8 Å². The molecule has 3 aromatic rings. The summed E-state index contributed by atoms with van der Waals surface area (Å²) in [7, 11) is -4.82. The molecule has 2 heterocycles. The maximum absolute atomic E-state index is 14.3. The lowest BCUT2D eigenvalue weighted by Gasteiger charge is -2.30. The predicted molar refractivity (Wildman–Crippen MR) is 116 cm³/mol. The van der Waals surface area contributed by atoms with Crippen LogP contribution in [0.4, 0.5) is 42.1 Å². The number of nitrogens with one attached hydrogen (secondary N) is 2. The van der Waals surface area contributed by atoms with Gasteiger partial charge in [-0.1, -0.05) is 12.1 Å². The number of benzene rings is 2. The highest BCUT2D eigenvalue weighted by molar-refractivity contribution is 7.91. The second kappa shape index (κ2) is 9.36. The Morgan fingerprint density at radius 2 is 1.81 bits per heavy atom. The van der Waals surface area contributed by atoms with Gasteiger partial charge >= 0.3 is 12.4 Å². The number of imidazole rings is 1. The van der Waals surface area contributed by atoms with Gasteiger partial charge in [0, 0.05) is 25.0 Å². The van der Waals surface area contributed by atoms with E-state index in [0.29, 0.717) is 22.9 Å². The number of halogens is 7. The molecule has 2 N–H and O–H groups in total. The quantitative estimate of drug-likeness (QED) is 0.444. The van der Waals surface area contributed by atoms with Crippen LogP contribution in [0.3, 0.4) is 0 Å². The summed E-state index contributed by atoms with van der Waals surface area (Å²) < 4.78 is 114. The summed E-state index contributed by atoms with van der Waals surface area (Å²) in [5.41, 5.74) is 0.0316. The minimum atomic E-state index is -4.98. The minimum absolute atomic E-state index is 0.0245. The van der Waals surface area contributed by atoms with Crippen LogP contribution in [0.2, 0.25) is 0 Å². The van der Waals surface area contributed by atoms with Crippen molar-refractivity contribution in [2.45, 2.75) is 30.5 Å². The summed E-state index contributed by atoms with van der Waals surface area (Å²) in [4.78, 5) is 19.8. The van der Waals surface area contributed by atoms with Gasteiger partial charge in [0.2, 0.25) is 15.0 Å². The van der Waals surface area contributed by atoms with E-state index in [1.807, 2.05) is 0 Å². The van der Waals surface area contributed by atoms with E-state index in [2.05, 4.69) is 15.3 Å². The second-order valence-corrected chi connectivity index (χ2v) is 10.1. The van der Waals surface area contributed by atoms with Crippen molar-refractivity contribution in [3.63, 3.8) is 0 Å². The lowest BCUT2D eigenvalue weighted by molar-refractivity contribution is -0.137. The molecule has 7 nitrogen and oxygen atoms in total. The molecule has 1 amide bonds. The monoisotopic (exact) mass is 550 g/mol. The molecule has 1 aromatic heterocycles. The zero-order valence-corrected chi connectivity index (χ0v) is 19.4. The topological polar surface area (TPSA) is 95.2 Å². The smallest absolute Gasteiger partial charge is 0.353 e. The molecule has 0 aliphatic carbocycles. The molecular weight excluding hydrogens is 533 g/mol. The Balaban J connectivity index is 1.51. The van der Waals surface area contributed by atoms with Gasteiger partial charge in [-0.05, 0) is 41.8 Å². The first-order valence-corrected chi connectivity index (χ1v) is 12.2. The van der Waals surface area contributed by atoms with Gasteiger partial charge in [0.05, 0.1) is 11.3 Å². The molecule has 0 saturated heterocycles. The molecule has 0 saturated carbocycles. The van der Waals surface area contributed by atoms with Crippen LogP contribution in [-0.4, -0.2) is 47.7 Å². The van der Waals surface area contributed by atoms with Crippen LogP contribution < -0.4 is 5.32 Å². The van der Waals surface area contributed by atoms with E-state index in [1.165, 1.54) is 4.90 Å². The molecule has 37 heavy (non-hydrogen) atoms. The molecule has 1 aliphatic heterocycles. The molecule has 0 bridgehead atoms. The molecule has 0 radical (unpaired) electrons. The summed E-state index contributed by atoms with van der Waals surface area (Å²) in [6.07, 6.45) is -8.52. The summed E-state index contributed by atoms with van der Waals surface area (Å²) in [6.45, 7) is 0.133. The molecular formula is C22H17F7N4O3S. The number of anilines is 2. The molecule has 0 atom stereocenters. The Bertz CT molecular complexity index is 1450. The van der Waals surface area contributed by atoms with Crippen LogP contribution in [0, 0.1) is 5.82 Å². The third-order valence-corrected chi connectivity index (χ3v) is 7.05. The van der Waals surface area contributed by atoms with Crippen molar-refractivity contribution in [1.29, 1.82) is 0 Å². The summed E-state index contributed by atoms with van der Waals surface area (Å²) in [5.74, 6) is -3.95. The standard InChI is InChI=1S/C22H17F7N4O3S/c23-15-8-13(22(27,28)29)4-5-17(15)31-16-3-1-2-12-10-33(7-6-14(12)16)19(34)18-9-30-20(32-18)37(35,36)11-21(24,25)26/h1-5,8-9,31H,6-7,10-11H2,(H,30,32). The number of hydrogen-bond donors (Lipinski definition) is 2. The molecule has 15 heteroatoms. The number of fused-ring (bicyclic) bond motifs is 1. The Kier molecular flexibility index (Phi) is 6.69. The fraction of sp³-hybridized carbons (Fsp3) is 0.273. The van der Waals surface area contributed by atoms with E-state index in [9.17, 15) is 43.9 Å². The van der Waals surface area contributed by atoms with Crippen LogP contribution in [0.5, 0.6) is 0 Å². The number of aromatic amines is 1. The predicted octanol–water partition coefficient (Wildman–Crippen LogP) is 4.85. The third kappa shape index (κ3) is 5.87. The summed E-state index contributed by atoms with van der Waals surface area (Å²) in [5, 5.41) is 1.80. The molecule has 0 unspecified atom stereocenters. The van der Waals surface area contributed by atoms with Gasteiger partial charge in [0.25, 0.3) is 5.91 Å². The minimum Gasteiger partial charge on any atom is -0.353 e. The number of alkyl halides is 6. The second-order valence-electron chi connectivity index (χ2n) is 8.20. The van der Waals surface area contributed by atoms with Crippen LogP contribution >= 0.6 is 0 Å². The van der Waals surface area contributed by atoms with E-state index in [4.69, 9.17) is 0 Å².